The van der Waals surface area contributed by atoms with E-state index in [-0.39, 0.29) is 0 Å². The summed E-state index contributed by atoms with van der Waals surface area (Å²) < 4.78 is 0. The quantitative estimate of drug-likeness (QED) is 0.886. The molecule has 1 atom stereocenters. The summed E-state index contributed by atoms with van der Waals surface area (Å²) in [6, 6.07) is 16.9. The molecule has 0 aromatic heterocycles. The molecule has 1 unspecified atom stereocenters. The second kappa shape index (κ2) is 7.92. The zero-order chi connectivity index (χ0) is 18.6. The highest BCUT2D eigenvalue weighted by Gasteiger charge is 2.26. The van der Waals surface area contributed by atoms with Gasteiger partial charge in [0.25, 0.3) is 5.91 Å². The summed E-state index contributed by atoms with van der Waals surface area (Å²) in [7, 11) is 0. The molecular formula is C22H25N3O2. The summed E-state index contributed by atoms with van der Waals surface area (Å²) in [6.45, 7) is 3.38. The Labute approximate surface area is 159 Å². The highest BCUT2D eigenvalue weighted by atomic mass is 16.6. The summed E-state index contributed by atoms with van der Waals surface area (Å²) in [5.74, 6) is -0.475. The highest BCUT2D eigenvalue weighted by molar-refractivity contribution is 6.04. The van der Waals surface area contributed by atoms with Gasteiger partial charge in [-0.25, -0.2) is 0 Å². The molecule has 2 aromatic carbocycles. The van der Waals surface area contributed by atoms with Crippen LogP contribution in [0, 0.1) is 0 Å². The number of oxime groups is 1. The van der Waals surface area contributed by atoms with Gasteiger partial charge in [0.05, 0.1) is 5.71 Å². The molecule has 140 valence electrons. The number of benzene rings is 2. The van der Waals surface area contributed by atoms with Gasteiger partial charge in [0, 0.05) is 13.0 Å². The average molecular weight is 363 g/mol. The Balaban J connectivity index is 1.52. The van der Waals surface area contributed by atoms with E-state index in [0.717, 1.165) is 17.8 Å². The highest BCUT2D eigenvalue weighted by Crippen LogP contribution is 2.27. The summed E-state index contributed by atoms with van der Waals surface area (Å²) in [6.07, 6.45) is 3.73. The lowest BCUT2D eigenvalue weighted by Gasteiger charge is -2.27. The predicted molar refractivity (Wildman–Crippen MR) is 106 cm³/mol. The van der Waals surface area contributed by atoms with E-state index in [2.05, 4.69) is 46.5 Å². The molecule has 1 amide bonds. The molecule has 1 saturated heterocycles. The smallest absolute Gasteiger partial charge is 0.261 e. The maximum Gasteiger partial charge on any atom is 0.261 e. The number of piperidine rings is 1. The Morgan fingerprint density at radius 2 is 1.74 bits per heavy atom. The van der Waals surface area contributed by atoms with Crippen LogP contribution < -0.4 is 5.73 Å². The summed E-state index contributed by atoms with van der Waals surface area (Å²) in [5, 5.41) is 4.02. The molecule has 2 aliphatic rings. The van der Waals surface area contributed by atoms with Crippen molar-refractivity contribution in [2.24, 2.45) is 10.9 Å². The van der Waals surface area contributed by atoms with E-state index in [9.17, 15) is 4.79 Å². The lowest BCUT2D eigenvalue weighted by atomic mass is 9.96. The SMILES string of the molecule is NC(=O)C1CC(c2ccc(-c3ccccc3CN3CCCCC3)cc2)=NO1. The molecule has 2 aliphatic heterocycles. The fraction of sp³-hybridized carbons (Fsp3) is 0.364. The van der Waals surface area contributed by atoms with Crippen LogP contribution in [-0.4, -0.2) is 35.7 Å². The zero-order valence-corrected chi connectivity index (χ0v) is 15.4. The van der Waals surface area contributed by atoms with Crippen molar-refractivity contribution in [3.8, 4) is 11.1 Å². The standard InChI is InChI=1S/C22H25N3O2/c23-22(26)21-14-20(24-27-21)17-10-8-16(9-11-17)19-7-3-2-6-18(19)15-25-12-4-1-5-13-25/h2-3,6-11,21H,1,4-5,12-15H2,(H2,23,26). The van der Waals surface area contributed by atoms with Crippen molar-refractivity contribution >= 4 is 11.6 Å². The van der Waals surface area contributed by atoms with Crippen molar-refractivity contribution in [3.63, 3.8) is 0 Å². The first-order chi connectivity index (χ1) is 13.2. The third-order valence-corrected chi connectivity index (χ3v) is 5.38. The Morgan fingerprint density at radius 1 is 1.04 bits per heavy atom. The third kappa shape index (κ3) is 4.03. The van der Waals surface area contributed by atoms with Crippen LogP contribution in [0.5, 0.6) is 0 Å². The molecule has 0 spiro atoms. The Bertz CT molecular complexity index is 839. The van der Waals surface area contributed by atoms with Gasteiger partial charge >= 0.3 is 0 Å². The molecule has 4 rings (SSSR count). The zero-order valence-electron chi connectivity index (χ0n) is 15.4. The molecule has 2 heterocycles. The molecule has 5 nitrogen and oxygen atoms in total. The summed E-state index contributed by atoms with van der Waals surface area (Å²) >= 11 is 0. The van der Waals surface area contributed by atoms with Gasteiger partial charge in [-0.2, -0.15) is 0 Å². The van der Waals surface area contributed by atoms with Crippen LogP contribution in [-0.2, 0) is 16.2 Å². The van der Waals surface area contributed by atoms with Gasteiger partial charge in [-0.05, 0) is 48.2 Å². The van der Waals surface area contributed by atoms with Crippen LogP contribution in [0.25, 0.3) is 11.1 Å². The van der Waals surface area contributed by atoms with E-state index in [1.54, 1.807) is 0 Å². The molecular weight excluding hydrogens is 338 g/mol. The molecule has 0 saturated carbocycles. The van der Waals surface area contributed by atoms with Crippen LogP contribution in [0.2, 0.25) is 0 Å². The van der Waals surface area contributed by atoms with Crippen molar-refractivity contribution in [2.75, 3.05) is 13.1 Å². The Morgan fingerprint density at radius 3 is 2.44 bits per heavy atom. The number of carbonyl (C=O) groups excluding carboxylic acids is 1. The van der Waals surface area contributed by atoms with Crippen LogP contribution in [0.1, 0.15) is 36.8 Å². The summed E-state index contributed by atoms with van der Waals surface area (Å²) in [5.41, 5.74) is 10.9. The van der Waals surface area contributed by atoms with Gasteiger partial charge in [-0.1, -0.05) is 60.1 Å². The van der Waals surface area contributed by atoms with Crippen molar-refractivity contribution < 1.29 is 9.63 Å². The molecule has 0 radical (unpaired) electrons. The fourth-order valence-corrected chi connectivity index (χ4v) is 3.84. The number of rotatable bonds is 5. The monoisotopic (exact) mass is 363 g/mol. The molecule has 2 N–H and O–H groups in total. The van der Waals surface area contributed by atoms with Crippen molar-refractivity contribution in [1.29, 1.82) is 0 Å². The number of nitrogens with zero attached hydrogens (tertiary/aromatic N) is 2. The van der Waals surface area contributed by atoms with E-state index >= 15 is 0 Å². The minimum Gasteiger partial charge on any atom is -0.382 e. The first-order valence-corrected chi connectivity index (χ1v) is 9.64. The molecule has 5 heteroatoms. The van der Waals surface area contributed by atoms with Gasteiger partial charge in [0.2, 0.25) is 6.10 Å². The van der Waals surface area contributed by atoms with Gasteiger partial charge in [-0.15, -0.1) is 0 Å². The van der Waals surface area contributed by atoms with Crippen molar-refractivity contribution in [2.45, 2.75) is 38.3 Å². The van der Waals surface area contributed by atoms with E-state index in [4.69, 9.17) is 10.6 Å². The van der Waals surface area contributed by atoms with Crippen molar-refractivity contribution in [3.05, 3.63) is 59.7 Å². The number of hydrogen-bond donors (Lipinski definition) is 1. The van der Waals surface area contributed by atoms with E-state index in [0.29, 0.717) is 6.42 Å². The van der Waals surface area contributed by atoms with Crippen molar-refractivity contribution in [1.82, 2.24) is 4.90 Å². The fourth-order valence-electron chi connectivity index (χ4n) is 3.84. The maximum atomic E-state index is 11.2. The Kier molecular flexibility index (Phi) is 5.21. The molecule has 0 bridgehead atoms. The molecule has 0 aliphatic carbocycles. The normalized spacial score (nSPS) is 20.1. The van der Waals surface area contributed by atoms with E-state index < -0.39 is 12.0 Å². The minimum absolute atomic E-state index is 0.431. The summed E-state index contributed by atoms with van der Waals surface area (Å²) in [4.78, 5) is 18.9. The minimum atomic E-state index is -0.648. The van der Waals surface area contributed by atoms with Gasteiger partial charge < -0.3 is 10.6 Å². The molecule has 2 aromatic rings. The average Bonchev–Trinajstić information content (AvgIpc) is 3.20. The Hall–Kier alpha value is -2.66. The van der Waals surface area contributed by atoms with E-state index in [1.807, 2.05) is 12.1 Å². The lowest BCUT2D eigenvalue weighted by Crippen LogP contribution is -2.29. The van der Waals surface area contributed by atoms with Gasteiger partial charge in [0.15, 0.2) is 0 Å². The largest absolute Gasteiger partial charge is 0.382 e. The van der Waals surface area contributed by atoms with Crippen LogP contribution in [0.15, 0.2) is 53.7 Å². The number of likely N-dealkylation sites (tertiary alicyclic amines) is 1. The second-order valence-corrected chi connectivity index (χ2v) is 7.31. The van der Waals surface area contributed by atoms with Gasteiger partial charge in [-0.3, -0.25) is 9.69 Å². The molecule has 1 fully saturated rings. The predicted octanol–water partition coefficient (Wildman–Crippen LogP) is 3.32. The maximum absolute atomic E-state index is 11.2. The van der Waals surface area contributed by atoms with Crippen LogP contribution >= 0.6 is 0 Å². The first-order valence-electron chi connectivity index (χ1n) is 9.64. The van der Waals surface area contributed by atoms with Crippen LogP contribution in [0.3, 0.4) is 0 Å². The van der Waals surface area contributed by atoms with Crippen LogP contribution in [0.4, 0.5) is 0 Å². The second-order valence-electron chi connectivity index (χ2n) is 7.31. The number of primary amides is 1. The number of carbonyl (C=O) groups is 1. The number of hydrogen-bond acceptors (Lipinski definition) is 4. The number of nitrogens with two attached hydrogens (primary N) is 1. The topological polar surface area (TPSA) is 67.9 Å². The number of amides is 1. The van der Waals surface area contributed by atoms with Gasteiger partial charge in [0.1, 0.15) is 0 Å². The third-order valence-electron chi connectivity index (χ3n) is 5.38. The lowest BCUT2D eigenvalue weighted by molar-refractivity contribution is -0.127. The first kappa shape index (κ1) is 17.7. The molecule has 27 heavy (non-hydrogen) atoms. The van der Waals surface area contributed by atoms with E-state index in [1.165, 1.54) is 49.0 Å².